The first-order valence-electron chi connectivity index (χ1n) is 12.6. The SMILES string of the molecule is O=C(C[C@H]1CN(C(=O)CC2(O)CCCCC2)CC[C@@H]1Oc1ccc(Cl)cc1)N1CCCCC1. The van der Waals surface area contributed by atoms with Crippen molar-refractivity contribution in [1.29, 1.82) is 0 Å². The molecule has 1 aromatic rings. The molecule has 0 radical (unpaired) electrons. The Labute approximate surface area is 202 Å². The smallest absolute Gasteiger partial charge is 0.225 e. The zero-order valence-corrected chi connectivity index (χ0v) is 20.3. The number of likely N-dealkylation sites (tertiary alicyclic amines) is 2. The molecule has 1 saturated carbocycles. The van der Waals surface area contributed by atoms with Crippen molar-refractivity contribution in [2.45, 2.75) is 82.3 Å². The summed E-state index contributed by atoms with van der Waals surface area (Å²) in [5.41, 5.74) is -0.870. The summed E-state index contributed by atoms with van der Waals surface area (Å²) in [5.74, 6) is 0.814. The summed E-state index contributed by atoms with van der Waals surface area (Å²) in [6, 6.07) is 7.30. The van der Waals surface area contributed by atoms with Gasteiger partial charge in [-0.15, -0.1) is 0 Å². The average molecular weight is 477 g/mol. The first-order valence-corrected chi connectivity index (χ1v) is 13.0. The molecule has 2 atom stereocenters. The highest BCUT2D eigenvalue weighted by Gasteiger charge is 2.38. The van der Waals surface area contributed by atoms with Gasteiger partial charge in [0.2, 0.25) is 11.8 Å². The van der Waals surface area contributed by atoms with Gasteiger partial charge in [-0.25, -0.2) is 0 Å². The number of rotatable bonds is 6. The molecule has 1 aromatic carbocycles. The predicted octanol–water partition coefficient (Wildman–Crippen LogP) is 4.42. The van der Waals surface area contributed by atoms with Crippen molar-refractivity contribution in [3.63, 3.8) is 0 Å². The largest absolute Gasteiger partial charge is 0.490 e. The van der Waals surface area contributed by atoms with Crippen molar-refractivity contribution >= 4 is 23.4 Å². The zero-order chi connectivity index (χ0) is 23.3. The van der Waals surface area contributed by atoms with Gasteiger partial charge in [-0.2, -0.15) is 0 Å². The van der Waals surface area contributed by atoms with Crippen LogP contribution in [0.15, 0.2) is 24.3 Å². The Morgan fingerprint density at radius 3 is 2.30 bits per heavy atom. The van der Waals surface area contributed by atoms with E-state index in [1.54, 1.807) is 12.1 Å². The third-order valence-electron chi connectivity index (χ3n) is 7.53. The Bertz CT molecular complexity index is 803. The number of hydrogen-bond donors (Lipinski definition) is 1. The second kappa shape index (κ2) is 11.1. The molecule has 4 rings (SSSR count). The Balaban J connectivity index is 1.42. The van der Waals surface area contributed by atoms with Crippen molar-refractivity contribution in [2.75, 3.05) is 26.2 Å². The lowest BCUT2D eigenvalue weighted by atomic mass is 9.82. The fraction of sp³-hybridized carbons (Fsp3) is 0.692. The second-order valence-corrected chi connectivity index (χ2v) is 10.5. The van der Waals surface area contributed by atoms with E-state index < -0.39 is 5.60 Å². The summed E-state index contributed by atoms with van der Waals surface area (Å²) in [7, 11) is 0. The molecule has 1 N–H and O–H groups in total. The monoisotopic (exact) mass is 476 g/mol. The van der Waals surface area contributed by atoms with E-state index in [-0.39, 0.29) is 30.3 Å². The molecule has 7 heteroatoms. The normalized spacial score (nSPS) is 25.5. The van der Waals surface area contributed by atoms with E-state index in [4.69, 9.17) is 16.3 Å². The zero-order valence-electron chi connectivity index (χ0n) is 19.5. The molecule has 0 unspecified atom stereocenters. The van der Waals surface area contributed by atoms with Crippen molar-refractivity contribution in [2.24, 2.45) is 5.92 Å². The van der Waals surface area contributed by atoms with Crippen LogP contribution in [0.25, 0.3) is 0 Å². The maximum atomic E-state index is 13.1. The highest BCUT2D eigenvalue weighted by molar-refractivity contribution is 6.30. The summed E-state index contributed by atoms with van der Waals surface area (Å²) in [6.45, 7) is 2.72. The summed E-state index contributed by atoms with van der Waals surface area (Å²) < 4.78 is 6.29. The first-order chi connectivity index (χ1) is 15.9. The third kappa shape index (κ3) is 6.63. The van der Waals surface area contributed by atoms with Crippen LogP contribution in [0.3, 0.4) is 0 Å². The minimum Gasteiger partial charge on any atom is -0.490 e. The Kier molecular flexibility index (Phi) is 8.18. The highest BCUT2D eigenvalue weighted by Crippen LogP contribution is 2.33. The maximum absolute atomic E-state index is 13.1. The number of benzene rings is 1. The number of amides is 2. The minimum atomic E-state index is -0.870. The van der Waals surface area contributed by atoms with Gasteiger partial charge in [-0.3, -0.25) is 9.59 Å². The van der Waals surface area contributed by atoms with E-state index >= 15 is 0 Å². The van der Waals surface area contributed by atoms with Crippen LogP contribution in [0.5, 0.6) is 5.75 Å². The fourth-order valence-electron chi connectivity index (χ4n) is 5.55. The number of hydrogen-bond acceptors (Lipinski definition) is 4. The summed E-state index contributed by atoms with van der Waals surface area (Å²) in [6.07, 6.45) is 8.89. The van der Waals surface area contributed by atoms with Crippen LogP contribution in [0.4, 0.5) is 0 Å². The lowest BCUT2D eigenvalue weighted by molar-refractivity contribution is -0.144. The van der Waals surface area contributed by atoms with Crippen LogP contribution < -0.4 is 4.74 Å². The molecule has 2 aliphatic heterocycles. The van der Waals surface area contributed by atoms with Gasteiger partial charge in [0.05, 0.1) is 12.0 Å². The van der Waals surface area contributed by atoms with Crippen molar-refractivity contribution in [3.8, 4) is 5.75 Å². The van der Waals surface area contributed by atoms with E-state index in [0.29, 0.717) is 43.8 Å². The maximum Gasteiger partial charge on any atom is 0.225 e. The van der Waals surface area contributed by atoms with Gasteiger partial charge in [0.15, 0.2) is 0 Å². The van der Waals surface area contributed by atoms with E-state index in [1.165, 1.54) is 6.42 Å². The van der Waals surface area contributed by atoms with Gasteiger partial charge >= 0.3 is 0 Å². The highest BCUT2D eigenvalue weighted by atomic mass is 35.5. The van der Waals surface area contributed by atoms with Crippen LogP contribution in [0.1, 0.15) is 70.6 Å². The van der Waals surface area contributed by atoms with Gasteiger partial charge in [0, 0.05) is 50.0 Å². The predicted molar refractivity (Wildman–Crippen MR) is 128 cm³/mol. The summed E-state index contributed by atoms with van der Waals surface area (Å²) in [4.78, 5) is 30.0. The molecule has 3 aliphatic rings. The first kappa shape index (κ1) is 24.3. The number of carbonyl (C=O) groups is 2. The molecule has 33 heavy (non-hydrogen) atoms. The van der Waals surface area contributed by atoms with Crippen LogP contribution >= 0.6 is 11.6 Å². The van der Waals surface area contributed by atoms with Crippen LogP contribution in [-0.2, 0) is 9.59 Å². The summed E-state index contributed by atoms with van der Waals surface area (Å²) in [5, 5.41) is 11.5. The lowest BCUT2D eigenvalue weighted by Crippen LogP contribution is -2.51. The Morgan fingerprint density at radius 2 is 1.61 bits per heavy atom. The quantitative estimate of drug-likeness (QED) is 0.659. The van der Waals surface area contributed by atoms with Crippen molar-refractivity contribution in [1.82, 2.24) is 9.80 Å². The second-order valence-electron chi connectivity index (χ2n) is 10.1. The number of halogens is 1. The van der Waals surface area contributed by atoms with E-state index in [2.05, 4.69) is 0 Å². The van der Waals surface area contributed by atoms with E-state index in [0.717, 1.165) is 50.9 Å². The van der Waals surface area contributed by atoms with Crippen LogP contribution in [0, 0.1) is 5.92 Å². The van der Waals surface area contributed by atoms with Crippen LogP contribution in [-0.4, -0.2) is 64.6 Å². The van der Waals surface area contributed by atoms with Gasteiger partial charge in [-0.1, -0.05) is 30.9 Å². The molecule has 2 saturated heterocycles. The third-order valence-corrected chi connectivity index (χ3v) is 7.78. The molecule has 182 valence electrons. The van der Waals surface area contributed by atoms with Gasteiger partial charge in [-0.05, 0) is 56.4 Å². The molecule has 0 aromatic heterocycles. The standard InChI is InChI=1S/C26H37ClN2O4/c27-21-7-9-22(10-8-21)33-23-11-16-29(25(31)18-26(32)12-3-1-4-13-26)19-20(23)17-24(30)28-14-5-2-6-15-28/h7-10,20,23,32H,1-6,11-19H2/t20-,23-/m0/s1. The average Bonchev–Trinajstić information content (AvgIpc) is 2.82. The van der Waals surface area contributed by atoms with E-state index in [9.17, 15) is 14.7 Å². The topological polar surface area (TPSA) is 70.1 Å². The van der Waals surface area contributed by atoms with Crippen molar-refractivity contribution in [3.05, 3.63) is 29.3 Å². The number of ether oxygens (including phenoxy) is 1. The molecular weight excluding hydrogens is 440 g/mol. The van der Waals surface area contributed by atoms with Gasteiger partial charge in [0.1, 0.15) is 11.9 Å². The molecule has 2 amide bonds. The molecule has 0 bridgehead atoms. The number of aliphatic hydroxyl groups is 1. The van der Waals surface area contributed by atoms with E-state index in [1.807, 2.05) is 21.9 Å². The van der Waals surface area contributed by atoms with Gasteiger partial charge in [0.25, 0.3) is 0 Å². The van der Waals surface area contributed by atoms with Crippen LogP contribution in [0.2, 0.25) is 5.02 Å². The molecule has 2 heterocycles. The molecule has 3 fully saturated rings. The Hall–Kier alpha value is -1.79. The number of piperidine rings is 2. The lowest BCUT2D eigenvalue weighted by Gasteiger charge is -2.41. The number of nitrogens with zero attached hydrogens (tertiary/aromatic N) is 2. The number of carbonyl (C=O) groups excluding carboxylic acids is 2. The molecule has 0 spiro atoms. The fourth-order valence-corrected chi connectivity index (χ4v) is 5.68. The molecule has 6 nitrogen and oxygen atoms in total. The van der Waals surface area contributed by atoms with Crippen molar-refractivity contribution < 1.29 is 19.4 Å². The Morgan fingerprint density at radius 1 is 0.939 bits per heavy atom. The minimum absolute atomic E-state index is 0.000218. The summed E-state index contributed by atoms with van der Waals surface area (Å²) >= 11 is 6.01. The molecular formula is C26H37ClN2O4. The molecule has 1 aliphatic carbocycles. The van der Waals surface area contributed by atoms with Gasteiger partial charge < -0.3 is 19.6 Å².